The number of aliphatic hydroxyl groups is 1. The summed E-state index contributed by atoms with van der Waals surface area (Å²) in [5, 5.41) is 10.1. The Labute approximate surface area is 120 Å². The maximum absolute atomic E-state index is 13.4. The first-order chi connectivity index (χ1) is 8.95. The molecule has 0 heterocycles. The number of rotatable bonds is 7. The number of aryl methyl sites for hydroxylation is 1. The van der Waals surface area contributed by atoms with Crippen LogP contribution in [0.1, 0.15) is 30.6 Å². The van der Waals surface area contributed by atoms with Crippen LogP contribution in [0.4, 0.5) is 4.39 Å². The van der Waals surface area contributed by atoms with Crippen LogP contribution in [0.25, 0.3) is 0 Å². The van der Waals surface area contributed by atoms with Crippen LogP contribution in [0.2, 0.25) is 0 Å². The average molecular weight is 285 g/mol. The molecule has 19 heavy (non-hydrogen) atoms. The van der Waals surface area contributed by atoms with Crippen molar-refractivity contribution in [3.8, 4) is 0 Å². The monoisotopic (exact) mass is 285 g/mol. The fourth-order valence-corrected chi connectivity index (χ4v) is 2.63. The molecule has 108 valence electrons. The molecule has 0 aromatic heterocycles. The van der Waals surface area contributed by atoms with Crippen molar-refractivity contribution >= 4 is 11.8 Å². The summed E-state index contributed by atoms with van der Waals surface area (Å²) in [5.74, 6) is 0.826. The summed E-state index contributed by atoms with van der Waals surface area (Å²) in [6.45, 7) is 4.70. The Morgan fingerprint density at radius 2 is 2.11 bits per heavy atom. The summed E-state index contributed by atoms with van der Waals surface area (Å²) < 4.78 is 13.4. The molecule has 1 N–H and O–H groups in total. The molecule has 0 fully saturated rings. The molecule has 0 bridgehead atoms. The molecule has 0 saturated heterocycles. The molecule has 2 unspecified atom stereocenters. The van der Waals surface area contributed by atoms with Gasteiger partial charge < -0.3 is 10.0 Å². The summed E-state index contributed by atoms with van der Waals surface area (Å²) in [5.41, 5.74) is 1.27. The highest BCUT2D eigenvalue weighted by atomic mass is 32.2. The topological polar surface area (TPSA) is 23.5 Å². The molecule has 0 radical (unpaired) electrons. The number of hydrogen-bond acceptors (Lipinski definition) is 3. The van der Waals surface area contributed by atoms with Crippen molar-refractivity contribution in [1.29, 1.82) is 0 Å². The number of thioether (sulfide) groups is 1. The molecule has 0 spiro atoms. The van der Waals surface area contributed by atoms with Crippen LogP contribution < -0.4 is 0 Å². The van der Waals surface area contributed by atoms with Crippen LogP contribution in [0, 0.1) is 12.7 Å². The van der Waals surface area contributed by atoms with Crippen molar-refractivity contribution in [3.63, 3.8) is 0 Å². The van der Waals surface area contributed by atoms with Crippen molar-refractivity contribution in [2.75, 3.05) is 25.6 Å². The summed E-state index contributed by atoms with van der Waals surface area (Å²) in [6, 6.07) is 5.44. The zero-order valence-corrected chi connectivity index (χ0v) is 13.0. The fraction of sp³-hybridized carbons (Fsp3) is 0.600. The van der Waals surface area contributed by atoms with E-state index < -0.39 is 6.10 Å². The van der Waals surface area contributed by atoms with E-state index in [0.717, 1.165) is 12.3 Å². The third-order valence-electron chi connectivity index (χ3n) is 3.50. The average Bonchev–Trinajstić information content (AvgIpc) is 2.39. The predicted molar refractivity (Wildman–Crippen MR) is 81.2 cm³/mol. The second-order valence-corrected chi connectivity index (χ2v) is 6.01. The summed E-state index contributed by atoms with van der Waals surface area (Å²) >= 11 is 1.82. The van der Waals surface area contributed by atoms with Crippen molar-refractivity contribution in [3.05, 3.63) is 35.1 Å². The van der Waals surface area contributed by atoms with Crippen molar-refractivity contribution in [2.45, 2.75) is 32.4 Å². The highest BCUT2D eigenvalue weighted by Gasteiger charge is 2.13. The van der Waals surface area contributed by atoms with Gasteiger partial charge in [0.05, 0.1) is 6.10 Å². The Hall–Kier alpha value is -0.580. The second kappa shape index (κ2) is 7.88. The summed E-state index contributed by atoms with van der Waals surface area (Å²) in [7, 11) is 2.06. The maximum Gasteiger partial charge on any atom is 0.126 e. The summed E-state index contributed by atoms with van der Waals surface area (Å²) in [4.78, 5) is 2.23. The third kappa shape index (κ3) is 5.13. The molecule has 0 aliphatic rings. The Bertz CT molecular complexity index is 400. The minimum Gasteiger partial charge on any atom is -0.388 e. The van der Waals surface area contributed by atoms with Crippen LogP contribution in [-0.4, -0.2) is 41.6 Å². The molecule has 0 amide bonds. The van der Waals surface area contributed by atoms with Crippen LogP contribution in [0.5, 0.6) is 0 Å². The molecule has 2 atom stereocenters. The Kier molecular flexibility index (Phi) is 6.83. The van der Waals surface area contributed by atoms with Crippen LogP contribution in [0.15, 0.2) is 18.2 Å². The zero-order chi connectivity index (χ0) is 14.4. The van der Waals surface area contributed by atoms with Gasteiger partial charge in [-0.15, -0.1) is 0 Å². The highest BCUT2D eigenvalue weighted by Crippen LogP contribution is 2.20. The molecule has 1 aromatic rings. The molecule has 2 nitrogen and oxygen atoms in total. The second-order valence-electron chi connectivity index (χ2n) is 5.10. The van der Waals surface area contributed by atoms with E-state index in [2.05, 4.69) is 25.1 Å². The van der Waals surface area contributed by atoms with Gasteiger partial charge in [0, 0.05) is 18.3 Å². The van der Waals surface area contributed by atoms with E-state index in [1.807, 2.05) is 11.8 Å². The lowest BCUT2D eigenvalue weighted by Crippen LogP contribution is -2.32. The Morgan fingerprint density at radius 3 is 2.68 bits per heavy atom. The number of halogens is 1. The molecule has 0 saturated carbocycles. The molecular formula is C15H24FNOS. The van der Waals surface area contributed by atoms with Gasteiger partial charge in [-0.05, 0) is 50.8 Å². The van der Waals surface area contributed by atoms with Gasteiger partial charge in [-0.3, -0.25) is 0 Å². The van der Waals surface area contributed by atoms with Gasteiger partial charge in [-0.25, -0.2) is 4.39 Å². The van der Waals surface area contributed by atoms with E-state index in [1.54, 1.807) is 19.1 Å². The van der Waals surface area contributed by atoms with Crippen molar-refractivity contribution in [2.24, 2.45) is 0 Å². The number of aliphatic hydroxyl groups excluding tert-OH is 1. The summed E-state index contributed by atoms with van der Waals surface area (Å²) in [6.07, 6.45) is 2.12. The SMILES string of the molecule is CSCC(C)N(C)CCC(O)c1ccc(C)c(F)c1. The molecule has 4 heteroatoms. The lowest BCUT2D eigenvalue weighted by Gasteiger charge is -2.25. The van der Waals surface area contributed by atoms with Crippen LogP contribution in [-0.2, 0) is 0 Å². The van der Waals surface area contributed by atoms with E-state index >= 15 is 0 Å². The molecule has 0 aliphatic heterocycles. The molecule has 1 rings (SSSR count). The Balaban J connectivity index is 2.50. The van der Waals surface area contributed by atoms with E-state index in [9.17, 15) is 9.50 Å². The normalized spacial score (nSPS) is 14.7. The van der Waals surface area contributed by atoms with Gasteiger partial charge in [0.15, 0.2) is 0 Å². The first-order valence-electron chi connectivity index (χ1n) is 6.59. The van der Waals surface area contributed by atoms with Crippen molar-refractivity contribution < 1.29 is 9.50 Å². The van der Waals surface area contributed by atoms with Gasteiger partial charge in [-0.1, -0.05) is 12.1 Å². The quantitative estimate of drug-likeness (QED) is 0.832. The first kappa shape index (κ1) is 16.5. The van der Waals surface area contributed by atoms with E-state index in [1.165, 1.54) is 6.07 Å². The number of benzene rings is 1. The predicted octanol–water partition coefficient (Wildman–Crippen LogP) is 3.24. The number of hydrogen-bond donors (Lipinski definition) is 1. The van der Waals surface area contributed by atoms with Crippen LogP contribution >= 0.6 is 11.8 Å². The van der Waals surface area contributed by atoms with Gasteiger partial charge >= 0.3 is 0 Å². The van der Waals surface area contributed by atoms with Gasteiger partial charge in [0.25, 0.3) is 0 Å². The third-order valence-corrected chi connectivity index (χ3v) is 4.31. The van der Waals surface area contributed by atoms with E-state index in [-0.39, 0.29) is 5.82 Å². The largest absolute Gasteiger partial charge is 0.388 e. The van der Waals surface area contributed by atoms with Crippen LogP contribution in [0.3, 0.4) is 0 Å². The van der Waals surface area contributed by atoms with E-state index in [0.29, 0.717) is 23.6 Å². The molecule has 0 aliphatic carbocycles. The number of nitrogens with zero attached hydrogens (tertiary/aromatic N) is 1. The first-order valence-corrected chi connectivity index (χ1v) is 7.98. The minimum atomic E-state index is -0.598. The van der Waals surface area contributed by atoms with E-state index in [4.69, 9.17) is 0 Å². The smallest absolute Gasteiger partial charge is 0.126 e. The fourth-order valence-electron chi connectivity index (χ4n) is 1.90. The lowest BCUT2D eigenvalue weighted by atomic mass is 10.0. The lowest BCUT2D eigenvalue weighted by molar-refractivity contribution is 0.141. The Morgan fingerprint density at radius 1 is 1.42 bits per heavy atom. The maximum atomic E-state index is 13.4. The molecular weight excluding hydrogens is 261 g/mol. The standard InChI is InChI=1S/C15H24FNOS/c1-11-5-6-13(9-14(11)16)15(18)7-8-17(3)12(2)10-19-4/h5-6,9,12,15,18H,7-8,10H2,1-4H3. The van der Waals surface area contributed by atoms with Gasteiger partial charge in [0.1, 0.15) is 5.82 Å². The zero-order valence-electron chi connectivity index (χ0n) is 12.2. The van der Waals surface area contributed by atoms with Gasteiger partial charge in [0.2, 0.25) is 0 Å². The van der Waals surface area contributed by atoms with Gasteiger partial charge in [-0.2, -0.15) is 11.8 Å². The molecule has 1 aromatic carbocycles. The van der Waals surface area contributed by atoms with Crippen molar-refractivity contribution in [1.82, 2.24) is 4.90 Å². The minimum absolute atomic E-state index is 0.249. The highest BCUT2D eigenvalue weighted by molar-refractivity contribution is 7.98.